The lowest BCUT2D eigenvalue weighted by Crippen LogP contribution is -2.39. The molecule has 0 unspecified atom stereocenters. The van der Waals surface area contributed by atoms with Gasteiger partial charge < -0.3 is 10.2 Å². The number of nitrogens with zero attached hydrogens (tertiary/aromatic N) is 3. The summed E-state index contributed by atoms with van der Waals surface area (Å²) in [6.45, 7) is 2.54. The maximum absolute atomic E-state index is 12.1. The standard InChI is InChI=1S/C17H19ClN4O/c18-15-4-2-14(3-5-15)16(23)21-12-13-6-10-22(11-7-13)17-19-8-1-9-20-17/h1-5,8-9,13H,6-7,10-12H2,(H,21,23). The number of hydrogen-bond acceptors (Lipinski definition) is 4. The summed E-state index contributed by atoms with van der Waals surface area (Å²) < 4.78 is 0. The average Bonchev–Trinajstić information content (AvgIpc) is 2.61. The number of rotatable bonds is 4. The van der Waals surface area contributed by atoms with E-state index in [4.69, 9.17) is 11.6 Å². The SMILES string of the molecule is O=C(NCC1CCN(c2ncccn2)CC1)c1ccc(Cl)cc1. The van der Waals surface area contributed by atoms with Crippen LogP contribution in [0.1, 0.15) is 23.2 Å². The van der Waals surface area contributed by atoms with Gasteiger partial charge in [-0.25, -0.2) is 9.97 Å². The number of piperidine rings is 1. The van der Waals surface area contributed by atoms with E-state index in [2.05, 4.69) is 20.2 Å². The first-order valence-electron chi connectivity index (χ1n) is 7.78. The van der Waals surface area contributed by atoms with Crippen LogP contribution in [0, 0.1) is 5.92 Å². The van der Waals surface area contributed by atoms with Gasteiger partial charge in [0.15, 0.2) is 0 Å². The van der Waals surface area contributed by atoms with Gasteiger partial charge in [-0.3, -0.25) is 4.79 Å². The van der Waals surface area contributed by atoms with E-state index in [0.29, 0.717) is 23.0 Å². The molecule has 0 atom stereocenters. The van der Waals surface area contributed by atoms with Gasteiger partial charge in [0.2, 0.25) is 5.95 Å². The van der Waals surface area contributed by atoms with Crippen molar-refractivity contribution in [3.63, 3.8) is 0 Å². The van der Waals surface area contributed by atoms with Crippen molar-refractivity contribution in [1.29, 1.82) is 0 Å². The molecule has 0 spiro atoms. The largest absolute Gasteiger partial charge is 0.352 e. The molecule has 120 valence electrons. The van der Waals surface area contributed by atoms with Crippen LogP contribution < -0.4 is 10.2 Å². The minimum absolute atomic E-state index is 0.0458. The highest BCUT2D eigenvalue weighted by molar-refractivity contribution is 6.30. The summed E-state index contributed by atoms with van der Waals surface area (Å²) in [6.07, 6.45) is 5.58. The minimum atomic E-state index is -0.0458. The molecule has 23 heavy (non-hydrogen) atoms. The number of aromatic nitrogens is 2. The fourth-order valence-electron chi connectivity index (χ4n) is 2.73. The van der Waals surface area contributed by atoms with Gasteiger partial charge >= 0.3 is 0 Å². The molecule has 0 saturated carbocycles. The first-order chi connectivity index (χ1) is 11.2. The van der Waals surface area contributed by atoms with Crippen molar-refractivity contribution in [1.82, 2.24) is 15.3 Å². The van der Waals surface area contributed by atoms with Crippen molar-refractivity contribution >= 4 is 23.5 Å². The highest BCUT2D eigenvalue weighted by Gasteiger charge is 2.21. The molecular weight excluding hydrogens is 312 g/mol. The summed E-state index contributed by atoms with van der Waals surface area (Å²) in [7, 11) is 0. The van der Waals surface area contributed by atoms with E-state index in [1.165, 1.54) is 0 Å². The summed E-state index contributed by atoms with van der Waals surface area (Å²) in [6, 6.07) is 8.77. The molecule has 3 rings (SSSR count). The van der Waals surface area contributed by atoms with Gasteiger partial charge in [-0.1, -0.05) is 11.6 Å². The average molecular weight is 331 g/mol. The molecule has 0 radical (unpaired) electrons. The van der Waals surface area contributed by atoms with Crippen molar-refractivity contribution in [2.45, 2.75) is 12.8 Å². The van der Waals surface area contributed by atoms with E-state index >= 15 is 0 Å². The Labute approximate surface area is 140 Å². The maximum atomic E-state index is 12.1. The number of benzene rings is 1. The molecular formula is C17H19ClN4O. The van der Waals surface area contributed by atoms with Crippen molar-refractivity contribution in [2.75, 3.05) is 24.5 Å². The Kier molecular flexibility index (Phi) is 5.08. The molecule has 1 amide bonds. The second-order valence-electron chi connectivity index (χ2n) is 5.70. The van der Waals surface area contributed by atoms with Crippen molar-refractivity contribution in [3.8, 4) is 0 Å². The monoisotopic (exact) mass is 330 g/mol. The second-order valence-corrected chi connectivity index (χ2v) is 6.13. The van der Waals surface area contributed by atoms with Gasteiger partial charge in [0.05, 0.1) is 0 Å². The summed E-state index contributed by atoms with van der Waals surface area (Å²) in [5, 5.41) is 3.65. The number of halogens is 1. The van der Waals surface area contributed by atoms with Crippen LogP contribution in [-0.2, 0) is 0 Å². The smallest absolute Gasteiger partial charge is 0.251 e. The van der Waals surface area contributed by atoms with E-state index in [-0.39, 0.29) is 5.91 Å². The number of amides is 1. The van der Waals surface area contributed by atoms with Crippen LogP contribution in [0.3, 0.4) is 0 Å². The van der Waals surface area contributed by atoms with Gasteiger partial charge in [-0.2, -0.15) is 0 Å². The van der Waals surface area contributed by atoms with Crippen LogP contribution in [-0.4, -0.2) is 35.5 Å². The zero-order valence-corrected chi connectivity index (χ0v) is 13.5. The number of nitrogens with one attached hydrogen (secondary N) is 1. The van der Waals surface area contributed by atoms with Crippen molar-refractivity contribution in [2.24, 2.45) is 5.92 Å². The lowest BCUT2D eigenvalue weighted by Gasteiger charge is -2.31. The lowest BCUT2D eigenvalue weighted by atomic mass is 9.97. The molecule has 2 heterocycles. The quantitative estimate of drug-likeness (QED) is 0.936. The third-order valence-corrected chi connectivity index (χ3v) is 4.36. The normalized spacial score (nSPS) is 15.4. The molecule has 1 saturated heterocycles. The zero-order chi connectivity index (χ0) is 16.1. The van der Waals surface area contributed by atoms with E-state index in [1.54, 1.807) is 36.7 Å². The van der Waals surface area contributed by atoms with Gasteiger partial charge in [-0.15, -0.1) is 0 Å². The zero-order valence-electron chi connectivity index (χ0n) is 12.8. The molecule has 2 aromatic rings. The Morgan fingerprint density at radius 2 is 1.83 bits per heavy atom. The fraction of sp³-hybridized carbons (Fsp3) is 0.353. The van der Waals surface area contributed by atoms with E-state index < -0.39 is 0 Å². The molecule has 6 heteroatoms. The Morgan fingerprint density at radius 1 is 1.17 bits per heavy atom. The molecule has 1 aliphatic rings. The fourth-order valence-corrected chi connectivity index (χ4v) is 2.86. The van der Waals surface area contributed by atoms with Gasteiger partial charge in [0.25, 0.3) is 5.91 Å². The highest BCUT2D eigenvalue weighted by atomic mass is 35.5. The summed E-state index contributed by atoms with van der Waals surface area (Å²) in [5.74, 6) is 1.23. The first-order valence-corrected chi connectivity index (χ1v) is 8.16. The third-order valence-electron chi connectivity index (χ3n) is 4.11. The number of anilines is 1. The Bertz CT molecular complexity index is 639. The Balaban J connectivity index is 1.46. The molecule has 1 N–H and O–H groups in total. The van der Waals surface area contributed by atoms with Gasteiger partial charge in [-0.05, 0) is 49.1 Å². The summed E-state index contributed by atoms with van der Waals surface area (Å²) >= 11 is 5.83. The third kappa shape index (κ3) is 4.20. The predicted octanol–water partition coefficient (Wildman–Crippen LogP) is 2.78. The molecule has 1 aliphatic heterocycles. The van der Waals surface area contributed by atoms with E-state index in [1.807, 2.05) is 6.07 Å². The first kappa shape index (κ1) is 15.7. The summed E-state index contributed by atoms with van der Waals surface area (Å²) in [4.78, 5) is 22.9. The van der Waals surface area contributed by atoms with E-state index in [9.17, 15) is 4.79 Å². The number of carbonyl (C=O) groups is 1. The number of hydrogen-bond donors (Lipinski definition) is 1. The second kappa shape index (κ2) is 7.42. The lowest BCUT2D eigenvalue weighted by molar-refractivity contribution is 0.0945. The molecule has 1 aromatic carbocycles. The summed E-state index contributed by atoms with van der Waals surface area (Å²) in [5.41, 5.74) is 0.643. The van der Waals surface area contributed by atoms with Crippen molar-refractivity contribution < 1.29 is 4.79 Å². The van der Waals surface area contributed by atoms with Gasteiger partial charge in [0, 0.05) is 42.6 Å². The highest BCUT2D eigenvalue weighted by Crippen LogP contribution is 2.19. The number of carbonyl (C=O) groups excluding carboxylic acids is 1. The Morgan fingerprint density at radius 3 is 2.48 bits per heavy atom. The Hall–Kier alpha value is -2.14. The molecule has 1 fully saturated rings. The predicted molar refractivity (Wildman–Crippen MR) is 90.8 cm³/mol. The molecule has 0 aliphatic carbocycles. The van der Waals surface area contributed by atoms with E-state index in [0.717, 1.165) is 31.9 Å². The van der Waals surface area contributed by atoms with Crippen LogP contribution in [0.2, 0.25) is 5.02 Å². The maximum Gasteiger partial charge on any atom is 0.251 e. The molecule has 0 bridgehead atoms. The topological polar surface area (TPSA) is 58.1 Å². The van der Waals surface area contributed by atoms with Crippen LogP contribution in [0.5, 0.6) is 0 Å². The van der Waals surface area contributed by atoms with Crippen molar-refractivity contribution in [3.05, 3.63) is 53.3 Å². The van der Waals surface area contributed by atoms with Crippen LogP contribution in [0.25, 0.3) is 0 Å². The molecule has 5 nitrogen and oxygen atoms in total. The van der Waals surface area contributed by atoms with Crippen LogP contribution >= 0.6 is 11.6 Å². The molecule has 1 aromatic heterocycles. The van der Waals surface area contributed by atoms with Crippen LogP contribution in [0.4, 0.5) is 5.95 Å². The van der Waals surface area contributed by atoms with Crippen LogP contribution in [0.15, 0.2) is 42.7 Å². The van der Waals surface area contributed by atoms with Gasteiger partial charge in [0.1, 0.15) is 0 Å². The minimum Gasteiger partial charge on any atom is -0.352 e.